The molecule has 2 aromatic carbocycles. The molecule has 9 heteroatoms. The van der Waals surface area contributed by atoms with Gasteiger partial charge in [0.2, 0.25) is 5.78 Å². The monoisotopic (exact) mass is 531 g/mol. The highest BCUT2D eigenvalue weighted by Gasteiger charge is 2.25. The predicted octanol–water partition coefficient (Wildman–Crippen LogP) is 5.04. The summed E-state index contributed by atoms with van der Waals surface area (Å²) in [5.41, 5.74) is -0.00961. The summed E-state index contributed by atoms with van der Waals surface area (Å²) in [6.07, 6.45) is 3.56. The Morgan fingerprint density at radius 3 is 2.50 bits per heavy atom. The first-order valence-corrected chi connectivity index (χ1v) is 11.8. The molecule has 1 heterocycles. The smallest absolute Gasteiger partial charge is 0.201 e. The summed E-state index contributed by atoms with van der Waals surface area (Å²) in [6, 6.07) is 8.64. The summed E-state index contributed by atoms with van der Waals surface area (Å²) in [6.45, 7) is 6.73. The van der Waals surface area contributed by atoms with E-state index in [1.807, 2.05) is 25.1 Å². The Bertz CT molecular complexity index is 1160. The molecule has 0 fully saturated rings. The van der Waals surface area contributed by atoms with Gasteiger partial charge < -0.3 is 10.2 Å². The Kier molecular flexibility index (Phi) is 8.82. The van der Waals surface area contributed by atoms with Crippen LogP contribution in [0.3, 0.4) is 0 Å². The Morgan fingerprint density at radius 2 is 1.88 bits per heavy atom. The molecule has 0 aliphatic carbocycles. The first-order valence-electron chi connectivity index (χ1n) is 11.0. The highest BCUT2D eigenvalue weighted by Crippen LogP contribution is 2.27. The molecule has 0 spiro atoms. The summed E-state index contributed by atoms with van der Waals surface area (Å²) >= 11 is 3.38. The summed E-state index contributed by atoms with van der Waals surface area (Å²) in [4.78, 5) is 15.3. The van der Waals surface area contributed by atoms with Crippen LogP contribution in [0.15, 0.2) is 53.5 Å². The van der Waals surface area contributed by atoms with E-state index in [1.54, 1.807) is 22.8 Å². The van der Waals surface area contributed by atoms with Crippen LogP contribution in [0.2, 0.25) is 0 Å². The normalized spacial score (nSPS) is 12.2. The SMILES string of the molecule is C=CCC(CC)NCc1nnc(CN(C)C)n1-c1ccc(Br)cc1C(=O)c1c(F)cccc1F. The standard InChI is InChI=1S/C25H28BrF2N5O/c1-5-8-17(6-2)29-14-22-30-31-23(15-32(3)4)33(22)21-12-11-16(26)13-18(21)25(34)24-19(27)9-7-10-20(24)28/h5,7,9-13,17,29H,1,6,8,14-15H2,2-4H3. The number of carbonyl (C=O) groups excluding carboxylic acids is 1. The summed E-state index contributed by atoms with van der Waals surface area (Å²) in [5.74, 6) is -1.39. The molecule has 0 amide bonds. The molecule has 0 bridgehead atoms. The second-order valence-electron chi connectivity index (χ2n) is 8.20. The number of nitrogens with one attached hydrogen (secondary N) is 1. The van der Waals surface area contributed by atoms with Gasteiger partial charge in [0.1, 0.15) is 11.6 Å². The Labute approximate surface area is 206 Å². The minimum Gasteiger partial charge on any atom is -0.307 e. The lowest BCUT2D eigenvalue weighted by molar-refractivity contribution is 0.103. The van der Waals surface area contributed by atoms with E-state index in [0.29, 0.717) is 34.9 Å². The van der Waals surface area contributed by atoms with E-state index in [4.69, 9.17) is 0 Å². The van der Waals surface area contributed by atoms with Crippen molar-refractivity contribution in [3.63, 3.8) is 0 Å². The molecule has 1 atom stereocenters. The fraction of sp³-hybridized carbons (Fsp3) is 0.320. The Balaban J connectivity index is 2.14. The van der Waals surface area contributed by atoms with Crippen LogP contribution in [0.25, 0.3) is 5.69 Å². The molecule has 0 saturated heterocycles. The second kappa shape index (κ2) is 11.6. The maximum absolute atomic E-state index is 14.5. The lowest BCUT2D eigenvalue weighted by Gasteiger charge is -2.19. The third-order valence-corrected chi connectivity index (χ3v) is 5.87. The average molecular weight is 532 g/mol. The second-order valence-corrected chi connectivity index (χ2v) is 9.12. The highest BCUT2D eigenvalue weighted by atomic mass is 79.9. The number of benzene rings is 2. The van der Waals surface area contributed by atoms with Gasteiger partial charge in [0.15, 0.2) is 11.6 Å². The maximum atomic E-state index is 14.5. The van der Waals surface area contributed by atoms with Gasteiger partial charge in [-0.2, -0.15) is 0 Å². The van der Waals surface area contributed by atoms with Gasteiger partial charge in [-0.05, 0) is 57.3 Å². The lowest BCUT2D eigenvalue weighted by atomic mass is 10.00. The van der Waals surface area contributed by atoms with Crippen LogP contribution in [0, 0.1) is 11.6 Å². The van der Waals surface area contributed by atoms with E-state index in [2.05, 4.69) is 44.9 Å². The number of halogens is 3. The topological polar surface area (TPSA) is 63.1 Å². The Hall–Kier alpha value is -2.75. The zero-order chi connectivity index (χ0) is 24.8. The van der Waals surface area contributed by atoms with Crippen LogP contribution >= 0.6 is 15.9 Å². The van der Waals surface area contributed by atoms with Gasteiger partial charge in [0.25, 0.3) is 0 Å². The fourth-order valence-electron chi connectivity index (χ4n) is 3.70. The molecule has 0 aliphatic heterocycles. The van der Waals surface area contributed by atoms with Crippen LogP contribution in [-0.2, 0) is 13.1 Å². The maximum Gasteiger partial charge on any atom is 0.201 e. The molecule has 180 valence electrons. The first kappa shape index (κ1) is 25.9. The zero-order valence-corrected chi connectivity index (χ0v) is 21.1. The van der Waals surface area contributed by atoms with Crippen molar-refractivity contribution in [3.05, 3.63) is 87.9 Å². The van der Waals surface area contributed by atoms with Crippen molar-refractivity contribution < 1.29 is 13.6 Å². The molecule has 3 rings (SSSR count). The van der Waals surface area contributed by atoms with Crippen LogP contribution in [0.4, 0.5) is 8.78 Å². The number of aromatic nitrogens is 3. The third-order valence-electron chi connectivity index (χ3n) is 5.38. The van der Waals surface area contributed by atoms with Crippen molar-refractivity contribution >= 4 is 21.7 Å². The van der Waals surface area contributed by atoms with Gasteiger partial charge in [-0.15, -0.1) is 16.8 Å². The van der Waals surface area contributed by atoms with E-state index < -0.39 is 23.0 Å². The molecule has 0 radical (unpaired) electrons. The van der Waals surface area contributed by atoms with E-state index in [1.165, 1.54) is 6.07 Å². The van der Waals surface area contributed by atoms with Crippen molar-refractivity contribution in [3.8, 4) is 5.69 Å². The van der Waals surface area contributed by atoms with Gasteiger partial charge in [-0.3, -0.25) is 9.36 Å². The number of hydrogen-bond donors (Lipinski definition) is 1. The van der Waals surface area contributed by atoms with Gasteiger partial charge in [0.05, 0.1) is 24.3 Å². The van der Waals surface area contributed by atoms with Crippen molar-refractivity contribution in [2.24, 2.45) is 0 Å². The lowest BCUT2D eigenvalue weighted by Crippen LogP contribution is -2.29. The van der Waals surface area contributed by atoms with Crippen molar-refractivity contribution in [2.45, 2.75) is 38.9 Å². The number of rotatable bonds is 11. The minimum atomic E-state index is -0.912. The van der Waals surface area contributed by atoms with Gasteiger partial charge in [-0.25, -0.2) is 8.78 Å². The molecule has 0 aliphatic rings. The van der Waals surface area contributed by atoms with E-state index in [-0.39, 0.29) is 11.6 Å². The van der Waals surface area contributed by atoms with E-state index >= 15 is 0 Å². The zero-order valence-electron chi connectivity index (χ0n) is 19.5. The summed E-state index contributed by atoms with van der Waals surface area (Å²) in [5, 5.41) is 12.2. The minimum absolute atomic E-state index is 0.137. The van der Waals surface area contributed by atoms with Crippen LogP contribution < -0.4 is 5.32 Å². The van der Waals surface area contributed by atoms with Crippen LogP contribution in [0.1, 0.15) is 47.3 Å². The van der Waals surface area contributed by atoms with E-state index in [0.717, 1.165) is 25.0 Å². The highest BCUT2D eigenvalue weighted by molar-refractivity contribution is 9.10. The van der Waals surface area contributed by atoms with Crippen molar-refractivity contribution in [1.82, 2.24) is 25.0 Å². The number of nitrogens with zero attached hydrogens (tertiary/aromatic N) is 4. The van der Waals surface area contributed by atoms with Crippen molar-refractivity contribution in [1.29, 1.82) is 0 Å². The molecule has 0 saturated carbocycles. The molecule has 1 aromatic heterocycles. The largest absolute Gasteiger partial charge is 0.307 e. The third kappa shape index (κ3) is 5.84. The van der Waals surface area contributed by atoms with Gasteiger partial charge in [-0.1, -0.05) is 35.0 Å². The molecule has 3 aromatic rings. The first-order chi connectivity index (χ1) is 16.3. The quantitative estimate of drug-likeness (QED) is 0.277. The predicted molar refractivity (Wildman–Crippen MR) is 132 cm³/mol. The van der Waals surface area contributed by atoms with Crippen LogP contribution in [-0.4, -0.2) is 45.6 Å². The number of hydrogen-bond acceptors (Lipinski definition) is 5. The van der Waals surface area contributed by atoms with Gasteiger partial charge >= 0.3 is 0 Å². The molecular weight excluding hydrogens is 504 g/mol. The fourth-order valence-corrected chi connectivity index (χ4v) is 4.06. The molecule has 6 nitrogen and oxygen atoms in total. The number of carbonyl (C=O) groups is 1. The van der Waals surface area contributed by atoms with Gasteiger partial charge in [0, 0.05) is 16.1 Å². The van der Waals surface area contributed by atoms with Crippen LogP contribution in [0.5, 0.6) is 0 Å². The summed E-state index contributed by atoms with van der Waals surface area (Å²) in [7, 11) is 3.80. The van der Waals surface area contributed by atoms with E-state index in [9.17, 15) is 13.6 Å². The summed E-state index contributed by atoms with van der Waals surface area (Å²) < 4.78 is 31.4. The number of ketones is 1. The average Bonchev–Trinajstić information content (AvgIpc) is 3.17. The molecule has 34 heavy (non-hydrogen) atoms. The molecule has 1 unspecified atom stereocenters. The molecular formula is C25H28BrF2N5O. The molecule has 1 N–H and O–H groups in total. The van der Waals surface area contributed by atoms with Crippen molar-refractivity contribution in [2.75, 3.05) is 14.1 Å². The Morgan fingerprint density at radius 1 is 1.21 bits per heavy atom.